The average molecular weight is 859 g/mol. The highest BCUT2D eigenvalue weighted by atomic mass is 16.6. The normalized spacial score (nSPS) is 26.2. The number of hydrogen-bond donors (Lipinski definition) is 2. The Morgan fingerprint density at radius 1 is 0.806 bits per heavy atom. The number of carbonyl (C=O) groups is 4. The fraction of sp³-hybridized carbons (Fsp3) is 0.447. The first-order valence-corrected chi connectivity index (χ1v) is 20.5. The Bertz CT molecular complexity index is 2060. The van der Waals surface area contributed by atoms with Gasteiger partial charge in [0.15, 0.2) is 17.3 Å². The Labute approximate surface area is 362 Å². The van der Waals surface area contributed by atoms with Crippen LogP contribution in [0.5, 0.6) is 0 Å². The van der Waals surface area contributed by atoms with Gasteiger partial charge in [0.2, 0.25) is 5.89 Å². The van der Waals surface area contributed by atoms with E-state index >= 15 is 0 Å². The van der Waals surface area contributed by atoms with Crippen LogP contribution in [0.4, 0.5) is 0 Å². The van der Waals surface area contributed by atoms with E-state index in [9.17, 15) is 24.3 Å². The van der Waals surface area contributed by atoms with Crippen molar-refractivity contribution in [2.24, 2.45) is 10.8 Å². The fourth-order valence-corrected chi connectivity index (χ4v) is 6.26. The summed E-state index contributed by atoms with van der Waals surface area (Å²) in [6.45, 7) is 10.8. The minimum absolute atomic E-state index is 0.0147. The molecule has 0 aliphatic carbocycles. The van der Waals surface area contributed by atoms with Crippen molar-refractivity contribution in [3.63, 3.8) is 0 Å². The van der Waals surface area contributed by atoms with Gasteiger partial charge in [-0.3, -0.25) is 9.59 Å². The predicted molar refractivity (Wildman–Crippen MR) is 228 cm³/mol. The van der Waals surface area contributed by atoms with E-state index < -0.39 is 65.2 Å². The number of hydrogen-bond acceptors (Lipinski definition) is 14. The number of cyclic esters (lactones) is 2. The monoisotopic (exact) mass is 858 g/mol. The molecule has 334 valence electrons. The van der Waals surface area contributed by atoms with Gasteiger partial charge in [-0.25, -0.2) is 19.6 Å². The number of esters is 3. The van der Waals surface area contributed by atoms with Gasteiger partial charge in [0, 0.05) is 36.9 Å². The smallest absolute Gasteiger partial charge is 0.360 e. The third-order valence-electron chi connectivity index (χ3n) is 10.4. The standard InChI is InChI=1S/C47H58N2O13/c1-8-18-36(50)46(3,4)38-24-17-22-35-34(59-35)21-15-16-25-40-48-32(29-57-40)44(54)62-39(47(5,6)37(19-9-2)60-43(53)27-26-42(51)52)23-14-12-10-11-13-20-31(56-7)28-41-49-33(30-58-41)45(55)61-38/h8-22,25,29-31,34-39,50H,23-24,26-28H2,1-7H3,(H,51,52)/b11-10-,14-12-,18-8+,19-9+,20-13+,21-15+,22-17-,25-16-/t31-,34-,35+,36-,37-,38-,39-/m0/s1. The maximum atomic E-state index is 13.5. The van der Waals surface area contributed by atoms with Crippen LogP contribution in [0.2, 0.25) is 0 Å². The summed E-state index contributed by atoms with van der Waals surface area (Å²) >= 11 is 0. The van der Waals surface area contributed by atoms with Crippen LogP contribution in [0, 0.1) is 10.8 Å². The first-order chi connectivity index (χ1) is 29.6. The number of oxazole rings is 2. The Morgan fingerprint density at radius 2 is 1.44 bits per heavy atom. The second-order valence-electron chi connectivity index (χ2n) is 15.8. The molecule has 0 radical (unpaired) electrons. The molecule has 7 atom stereocenters. The topological polar surface area (TPSA) is 210 Å². The van der Waals surface area contributed by atoms with Crippen LogP contribution in [0.25, 0.3) is 6.08 Å². The first-order valence-electron chi connectivity index (χ1n) is 20.5. The van der Waals surface area contributed by atoms with Crippen molar-refractivity contribution in [3.8, 4) is 0 Å². The van der Waals surface area contributed by atoms with Gasteiger partial charge in [-0.1, -0.05) is 113 Å². The maximum absolute atomic E-state index is 13.5. The number of aliphatic hydroxyl groups excluding tert-OH is 1. The molecule has 2 aromatic rings. The van der Waals surface area contributed by atoms with Crippen LogP contribution in [0.3, 0.4) is 0 Å². The van der Waals surface area contributed by atoms with Crippen LogP contribution in [0.15, 0.2) is 113 Å². The number of aliphatic carboxylic acids is 1. The van der Waals surface area contributed by atoms with Crippen LogP contribution >= 0.6 is 0 Å². The number of carboxylic acid groups (broad SMARTS) is 1. The van der Waals surface area contributed by atoms with Crippen molar-refractivity contribution in [2.75, 3.05) is 7.11 Å². The summed E-state index contributed by atoms with van der Waals surface area (Å²) in [5, 5.41) is 20.0. The molecule has 4 bridgehead atoms. The molecule has 15 heteroatoms. The summed E-state index contributed by atoms with van der Waals surface area (Å²) in [7, 11) is 1.54. The molecule has 4 rings (SSSR count). The van der Waals surface area contributed by atoms with E-state index in [1.165, 1.54) is 19.6 Å². The number of fused-ring (bicyclic) bond motifs is 5. The second kappa shape index (κ2) is 23.4. The van der Waals surface area contributed by atoms with Gasteiger partial charge in [-0.15, -0.1) is 0 Å². The summed E-state index contributed by atoms with van der Waals surface area (Å²) < 4.78 is 40.2. The molecule has 0 amide bonds. The second-order valence-corrected chi connectivity index (χ2v) is 15.8. The van der Waals surface area contributed by atoms with E-state index in [2.05, 4.69) is 9.97 Å². The number of carbonyl (C=O) groups excluding carboxylic acids is 3. The van der Waals surface area contributed by atoms with Crippen molar-refractivity contribution < 1.29 is 61.9 Å². The number of carboxylic acids is 1. The summed E-state index contributed by atoms with van der Waals surface area (Å²) in [5.74, 6) is -2.87. The highest BCUT2D eigenvalue weighted by Crippen LogP contribution is 2.35. The minimum atomic E-state index is -1.13. The third kappa shape index (κ3) is 14.6. The number of epoxide rings is 1. The van der Waals surface area contributed by atoms with Crippen LogP contribution < -0.4 is 0 Å². The number of aromatic nitrogens is 2. The number of rotatable bonds is 11. The Balaban J connectivity index is 1.60. The molecule has 4 heterocycles. The van der Waals surface area contributed by atoms with Gasteiger partial charge in [-0.2, -0.15) is 0 Å². The van der Waals surface area contributed by atoms with Gasteiger partial charge >= 0.3 is 23.9 Å². The van der Waals surface area contributed by atoms with E-state index in [0.29, 0.717) is 6.42 Å². The minimum Gasteiger partial charge on any atom is -0.481 e. The highest BCUT2D eigenvalue weighted by molar-refractivity contribution is 5.87. The predicted octanol–water partition coefficient (Wildman–Crippen LogP) is 7.67. The van der Waals surface area contributed by atoms with Gasteiger partial charge in [0.1, 0.15) is 43.0 Å². The zero-order valence-electron chi connectivity index (χ0n) is 36.2. The van der Waals surface area contributed by atoms with Gasteiger partial charge in [-0.05, 0) is 19.9 Å². The number of allylic oxidation sites excluding steroid dienone is 8. The van der Waals surface area contributed by atoms with Gasteiger partial charge < -0.3 is 42.7 Å². The molecule has 0 saturated carbocycles. The van der Waals surface area contributed by atoms with Gasteiger partial charge in [0.25, 0.3) is 0 Å². The van der Waals surface area contributed by atoms with Crippen LogP contribution in [0.1, 0.15) is 100.0 Å². The number of ether oxygens (including phenoxy) is 5. The lowest BCUT2D eigenvalue weighted by Crippen LogP contribution is -2.44. The molecule has 2 aliphatic heterocycles. The molecule has 15 nitrogen and oxygen atoms in total. The largest absolute Gasteiger partial charge is 0.481 e. The first kappa shape index (κ1) is 48.8. The Kier molecular flexibility index (Phi) is 18.4. The van der Waals surface area contributed by atoms with Crippen molar-refractivity contribution >= 4 is 30.0 Å². The lowest BCUT2D eigenvalue weighted by atomic mass is 9.78. The van der Waals surface area contributed by atoms with E-state index in [-0.39, 0.29) is 61.1 Å². The van der Waals surface area contributed by atoms with E-state index in [1.807, 2.05) is 32.1 Å². The van der Waals surface area contributed by atoms with Crippen LogP contribution in [-0.2, 0) is 39.7 Å². The average Bonchev–Trinajstić information content (AvgIpc) is 3.53. The molecule has 1 saturated heterocycles. The lowest BCUT2D eigenvalue weighted by Gasteiger charge is -2.38. The molecule has 2 aliphatic rings. The van der Waals surface area contributed by atoms with E-state index in [4.69, 9.17) is 37.6 Å². The zero-order chi connectivity index (χ0) is 45.3. The molecule has 2 aromatic heterocycles. The SMILES string of the molecule is C/C=C/[C@H](OC(=O)CCC(=O)O)C(C)(C)[C@@H]1C\C=C/C=C\C=C\[C@H](OC)Cc2nc(co2)C(=O)O[C@H](C(C)(C)[C@@H](O)/C=C/C)C/C=C\[C@H]2O[C@H]2/C=C/C=C\c2nc(co2)C(=O)O1. The molecular formula is C47H58N2O13. The number of nitrogens with zero attached hydrogens (tertiary/aromatic N) is 2. The zero-order valence-corrected chi connectivity index (χ0v) is 36.2. The van der Waals surface area contributed by atoms with E-state index in [1.54, 1.807) is 107 Å². The van der Waals surface area contributed by atoms with Gasteiger partial charge in [0.05, 0.1) is 31.5 Å². The van der Waals surface area contributed by atoms with Crippen molar-refractivity contribution in [2.45, 2.75) is 116 Å². The quantitative estimate of drug-likeness (QED) is 0.0961. The molecule has 2 N–H and O–H groups in total. The Morgan fingerprint density at radius 3 is 2.13 bits per heavy atom. The summed E-state index contributed by atoms with van der Waals surface area (Å²) in [5.41, 5.74) is -1.96. The number of aliphatic hydroxyl groups is 1. The molecule has 0 spiro atoms. The lowest BCUT2D eigenvalue weighted by molar-refractivity contribution is -0.158. The van der Waals surface area contributed by atoms with E-state index in [0.717, 1.165) is 0 Å². The maximum Gasteiger partial charge on any atom is 0.360 e. The molecule has 0 unspecified atom stereocenters. The molecule has 1 fully saturated rings. The fourth-order valence-electron chi connectivity index (χ4n) is 6.26. The summed E-state index contributed by atoms with van der Waals surface area (Å²) in [4.78, 5) is 59.3. The van der Waals surface area contributed by atoms with Crippen molar-refractivity contribution in [1.82, 2.24) is 9.97 Å². The Hall–Kier alpha value is -5.90. The summed E-state index contributed by atoms with van der Waals surface area (Å²) in [6.07, 6.45) is 26.2. The molecular weight excluding hydrogens is 801 g/mol. The highest BCUT2D eigenvalue weighted by Gasteiger charge is 2.42. The van der Waals surface area contributed by atoms with Crippen molar-refractivity contribution in [3.05, 3.63) is 127 Å². The molecule has 62 heavy (non-hydrogen) atoms. The molecule has 0 aromatic carbocycles. The number of methoxy groups -OCH3 is 1. The van der Waals surface area contributed by atoms with Crippen LogP contribution in [-0.4, -0.2) is 93.9 Å². The third-order valence-corrected chi connectivity index (χ3v) is 10.4. The summed E-state index contributed by atoms with van der Waals surface area (Å²) in [6, 6.07) is 0. The van der Waals surface area contributed by atoms with Crippen molar-refractivity contribution in [1.29, 1.82) is 0 Å².